The molecule has 5 rings (SSSR count). The van der Waals surface area contributed by atoms with Crippen molar-refractivity contribution < 1.29 is 9.47 Å². The molecule has 0 aliphatic carbocycles. The van der Waals surface area contributed by atoms with Crippen LogP contribution in [0.4, 0.5) is 23.3 Å². The molecule has 3 aromatic carbocycles. The number of benzene rings is 3. The van der Waals surface area contributed by atoms with Crippen LogP contribution in [0.2, 0.25) is 0 Å². The summed E-state index contributed by atoms with van der Waals surface area (Å²) in [4.78, 5) is 21.7. The van der Waals surface area contributed by atoms with E-state index < -0.39 is 0 Å². The lowest BCUT2D eigenvalue weighted by molar-refractivity contribution is 0.417. The zero-order valence-corrected chi connectivity index (χ0v) is 19.3. The molecule has 5 aromatic rings. The van der Waals surface area contributed by atoms with Crippen molar-refractivity contribution in [1.29, 1.82) is 0 Å². The first kappa shape index (κ1) is 21.5. The monoisotopic (exact) mass is 471 g/mol. The fourth-order valence-electron chi connectivity index (χ4n) is 3.31. The van der Waals surface area contributed by atoms with Gasteiger partial charge >= 0.3 is 0 Å². The normalized spacial score (nSPS) is 10.8. The lowest BCUT2D eigenvalue weighted by Gasteiger charge is -2.13. The van der Waals surface area contributed by atoms with Gasteiger partial charge in [-0.1, -0.05) is 36.4 Å². The highest BCUT2D eigenvalue weighted by Crippen LogP contribution is 2.31. The lowest BCUT2D eigenvalue weighted by atomic mass is 10.3. The quantitative estimate of drug-likeness (QED) is 0.274. The second-order valence-electron chi connectivity index (χ2n) is 7.08. The van der Waals surface area contributed by atoms with Gasteiger partial charge in [0.2, 0.25) is 17.1 Å². The van der Waals surface area contributed by atoms with Gasteiger partial charge in [0.1, 0.15) is 11.5 Å². The van der Waals surface area contributed by atoms with Crippen molar-refractivity contribution in [3.8, 4) is 11.5 Å². The molecule has 0 saturated carbocycles. The second-order valence-corrected chi connectivity index (χ2v) is 8.03. The van der Waals surface area contributed by atoms with Crippen LogP contribution >= 0.6 is 11.8 Å². The third-order valence-corrected chi connectivity index (χ3v) is 5.63. The van der Waals surface area contributed by atoms with Crippen LogP contribution in [0.5, 0.6) is 11.5 Å². The number of H-pyrrole nitrogens is 1. The van der Waals surface area contributed by atoms with Crippen LogP contribution in [0, 0.1) is 0 Å². The number of ether oxygens (including phenoxy) is 2. The summed E-state index contributed by atoms with van der Waals surface area (Å²) in [7, 11) is 3.23. The van der Waals surface area contributed by atoms with Gasteiger partial charge in [-0.05, 0) is 48.2 Å². The fraction of sp³-hybridized carbons (Fsp3) is 0.0833. The topological polar surface area (TPSA) is 110 Å². The molecule has 0 unspecified atom stereocenters. The van der Waals surface area contributed by atoms with Crippen LogP contribution in [-0.4, -0.2) is 39.1 Å². The molecule has 0 fully saturated rings. The molecule has 0 atom stereocenters. The maximum atomic E-state index is 5.45. The number of hydrogen-bond acceptors (Lipinski definition) is 9. The molecule has 0 spiro atoms. The molecule has 9 nitrogen and oxygen atoms in total. The number of rotatable bonds is 8. The highest BCUT2D eigenvalue weighted by atomic mass is 32.2. The van der Waals surface area contributed by atoms with Crippen molar-refractivity contribution in [2.24, 2.45) is 0 Å². The molecule has 170 valence electrons. The van der Waals surface area contributed by atoms with E-state index >= 15 is 0 Å². The Morgan fingerprint density at radius 1 is 0.676 bits per heavy atom. The minimum absolute atomic E-state index is 0.357. The van der Waals surface area contributed by atoms with E-state index in [2.05, 4.69) is 35.6 Å². The number of methoxy groups -OCH3 is 2. The van der Waals surface area contributed by atoms with Crippen molar-refractivity contribution in [1.82, 2.24) is 24.9 Å². The van der Waals surface area contributed by atoms with E-state index in [4.69, 9.17) is 9.47 Å². The average molecular weight is 472 g/mol. The standard InChI is InChI=1S/C24H21N7O2S/c1-32-19-13-7-5-11-17(19)25-21-29-22(26-18-12-6-8-14-20(18)33-2)31-24(30-21)34-23-27-15-9-3-4-10-16(15)28-23/h3-14H,1-2H3,(H,27,28)(H2,25,26,29,30,31). The van der Waals surface area contributed by atoms with E-state index in [1.165, 1.54) is 11.8 Å². The van der Waals surface area contributed by atoms with Gasteiger partial charge in [-0.15, -0.1) is 0 Å². The number of aromatic nitrogens is 5. The van der Waals surface area contributed by atoms with E-state index in [1.807, 2.05) is 72.8 Å². The highest BCUT2D eigenvalue weighted by molar-refractivity contribution is 7.99. The molecule has 10 heteroatoms. The SMILES string of the molecule is COc1ccccc1Nc1nc(Nc2ccccc2OC)nc(Sc2nc3ccccc3[nH]2)n1. The van der Waals surface area contributed by atoms with Crippen LogP contribution in [0.15, 0.2) is 83.1 Å². The maximum Gasteiger partial charge on any atom is 0.233 e. The molecule has 2 heterocycles. The Labute approximate surface area is 200 Å². The molecular weight excluding hydrogens is 450 g/mol. The molecule has 3 N–H and O–H groups in total. The van der Waals surface area contributed by atoms with E-state index in [1.54, 1.807) is 14.2 Å². The molecule has 0 saturated heterocycles. The first-order chi connectivity index (χ1) is 16.7. The van der Waals surface area contributed by atoms with Gasteiger partial charge in [-0.2, -0.15) is 15.0 Å². The minimum Gasteiger partial charge on any atom is -0.495 e. The third-order valence-electron chi connectivity index (χ3n) is 4.88. The van der Waals surface area contributed by atoms with E-state index in [0.29, 0.717) is 33.7 Å². The van der Waals surface area contributed by atoms with E-state index in [9.17, 15) is 0 Å². The summed E-state index contributed by atoms with van der Waals surface area (Å²) in [5.74, 6) is 2.06. The van der Waals surface area contributed by atoms with Crippen molar-refractivity contribution >= 4 is 46.1 Å². The van der Waals surface area contributed by atoms with Gasteiger partial charge in [-0.25, -0.2) is 4.98 Å². The summed E-state index contributed by atoms with van der Waals surface area (Å²) >= 11 is 1.31. The molecule has 0 aliphatic heterocycles. The number of hydrogen-bond donors (Lipinski definition) is 3. The third kappa shape index (κ3) is 4.71. The Morgan fingerprint density at radius 3 is 1.82 bits per heavy atom. The Kier molecular flexibility index (Phi) is 6.13. The summed E-state index contributed by atoms with van der Waals surface area (Å²) in [5, 5.41) is 7.60. The maximum absolute atomic E-state index is 5.45. The highest BCUT2D eigenvalue weighted by Gasteiger charge is 2.14. The summed E-state index contributed by atoms with van der Waals surface area (Å²) < 4.78 is 10.9. The van der Waals surface area contributed by atoms with Gasteiger partial charge < -0.3 is 25.1 Å². The molecule has 34 heavy (non-hydrogen) atoms. The summed E-state index contributed by atoms with van der Waals surface area (Å²) in [5.41, 5.74) is 3.29. The van der Waals surface area contributed by atoms with Crippen LogP contribution in [0.1, 0.15) is 0 Å². The van der Waals surface area contributed by atoms with E-state index in [0.717, 1.165) is 22.4 Å². The average Bonchev–Trinajstić information content (AvgIpc) is 3.27. The number of aromatic amines is 1. The van der Waals surface area contributed by atoms with Crippen LogP contribution < -0.4 is 20.1 Å². The van der Waals surface area contributed by atoms with Crippen LogP contribution in [0.3, 0.4) is 0 Å². The van der Waals surface area contributed by atoms with Crippen molar-refractivity contribution in [3.05, 3.63) is 72.8 Å². The minimum atomic E-state index is 0.357. The van der Waals surface area contributed by atoms with Crippen LogP contribution in [-0.2, 0) is 0 Å². The number of nitrogens with one attached hydrogen (secondary N) is 3. The number of fused-ring (bicyclic) bond motifs is 1. The Morgan fingerprint density at radius 2 is 1.24 bits per heavy atom. The molecule has 0 aliphatic rings. The lowest BCUT2D eigenvalue weighted by Crippen LogP contribution is -2.06. The predicted octanol–water partition coefficient (Wildman–Crippen LogP) is 5.40. The largest absolute Gasteiger partial charge is 0.495 e. The van der Waals surface area contributed by atoms with Gasteiger partial charge in [0, 0.05) is 0 Å². The molecular formula is C24H21N7O2S. The zero-order chi connectivity index (χ0) is 23.3. The summed E-state index contributed by atoms with van der Waals surface area (Å²) in [6.07, 6.45) is 0. The Bertz CT molecular complexity index is 1340. The number of anilines is 4. The summed E-state index contributed by atoms with van der Waals surface area (Å²) in [6, 6.07) is 23.0. The second kappa shape index (κ2) is 9.67. The van der Waals surface area contributed by atoms with Gasteiger partial charge in [-0.3, -0.25) is 0 Å². The molecule has 2 aromatic heterocycles. The zero-order valence-electron chi connectivity index (χ0n) is 18.4. The van der Waals surface area contributed by atoms with Crippen molar-refractivity contribution in [2.45, 2.75) is 10.3 Å². The fourth-order valence-corrected chi connectivity index (χ4v) is 4.06. The molecule has 0 radical (unpaired) electrons. The van der Waals surface area contributed by atoms with Gasteiger partial charge in [0.15, 0.2) is 5.16 Å². The number of imidazole rings is 1. The van der Waals surface area contributed by atoms with Crippen molar-refractivity contribution in [2.75, 3.05) is 24.9 Å². The first-order valence-corrected chi connectivity index (χ1v) is 11.2. The van der Waals surface area contributed by atoms with Gasteiger partial charge in [0.25, 0.3) is 0 Å². The van der Waals surface area contributed by atoms with Gasteiger partial charge in [0.05, 0.1) is 36.6 Å². The van der Waals surface area contributed by atoms with Crippen molar-refractivity contribution in [3.63, 3.8) is 0 Å². The predicted molar refractivity (Wildman–Crippen MR) is 133 cm³/mol. The number of para-hydroxylation sites is 6. The Hall–Kier alpha value is -4.31. The summed E-state index contributed by atoms with van der Waals surface area (Å²) in [6.45, 7) is 0. The molecule has 0 amide bonds. The molecule has 0 bridgehead atoms. The number of nitrogens with zero attached hydrogens (tertiary/aromatic N) is 4. The first-order valence-electron chi connectivity index (χ1n) is 10.4. The smallest absolute Gasteiger partial charge is 0.233 e. The van der Waals surface area contributed by atoms with E-state index in [-0.39, 0.29) is 0 Å². The van der Waals surface area contributed by atoms with Crippen LogP contribution in [0.25, 0.3) is 11.0 Å². The Balaban J connectivity index is 1.51.